The van der Waals surface area contributed by atoms with Crippen LogP contribution in [-0.2, 0) is 11.0 Å². The summed E-state index contributed by atoms with van der Waals surface area (Å²) in [7, 11) is 0. The van der Waals surface area contributed by atoms with E-state index in [4.69, 9.17) is 23.2 Å². The molecule has 0 saturated carbocycles. The van der Waals surface area contributed by atoms with Crippen molar-refractivity contribution in [1.29, 1.82) is 0 Å². The molecule has 3 heterocycles. The highest BCUT2D eigenvalue weighted by Crippen LogP contribution is 2.37. The number of para-hydroxylation sites is 1. The van der Waals surface area contributed by atoms with Crippen molar-refractivity contribution in [3.8, 4) is 0 Å². The topological polar surface area (TPSA) is 50.5 Å². The number of benzene rings is 1. The van der Waals surface area contributed by atoms with Gasteiger partial charge in [-0.3, -0.25) is 9.20 Å². The molecule has 1 atom stereocenters. The molecule has 11 heteroatoms. The lowest BCUT2D eigenvalue weighted by Gasteiger charge is -2.17. The fourth-order valence-electron chi connectivity index (χ4n) is 2.97. The molecule has 1 fully saturated rings. The van der Waals surface area contributed by atoms with Gasteiger partial charge in [0.05, 0.1) is 26.5 Å². The Balaban J connectivity index is 1.63. The molecule has 0 spiro atoms. The summed E-state index contributed by atoms with van der Waals surface area (Å²) in [6, 6.07) is 7.79. The van der Waals surface area contributed by atoms with E-state index in [-0.39, 0.29) is 21.7 Å². The summed E-state index contributed by atoms with van der Waals surface area (Å²) in [5.74, 6) is -0.187. The molecule has 0 radical (unpaired) electrons. The van der Waals surface area contributed by atoms with Crippen LogP contribution >= 0.6 is 35.0 Å². The molecule has 1 aliphatic heterocycles. The second kappa shape index (κ2) is 7.13. The van der Waals surface area contributed by atoms with E-state index in [0.717, 1.165) is 24.0 Å². The van der Waals surface area contributed by atoms with Gasteiger partial charge in [0.1, 0.15) is 0 Å². The molecule has 1 saturated heterocycles. The Kier molecular flexibility index (Phi) is 4.93. The first-order valence-corrected chi connectivity index (χ1v) is 9.73. The first kappa shape index (κ1) is 19.4. The van der Waals surface area contributed by atoms with E-state index in [1.54, 1.807) is 29.2 Å². The average Bonchev–Trinajstić information content (AvgIpc) is 3.20. The number of aromatic nitrogens is 3. The molecule has 3 aromatic rings. The zero-order chi connectivity index (χ0) is 20.1. The molecular formula is C17H11Cl2F3N4OS. The molecule has 0 N–H and O–H groups in total. The molecule has 1 aromatic carbocycles. The van der Waals surface area contributed by atoms with Gasteiger partial charge in [-0.2, -0.15) is 13.2 Å². The van der Waals surface area contributed by atoms with Gasteiger partial charge in [-0.25, -0.2) is 0 Å². The molecular weight excluding hydrogens is 436 g/mol. The third-order valence-corrected chi connectivity index (χ3v) is 6.11. The van der Waals surface area contributed by atoms with Crippen molar-refractivity contribution in [2.75, 3.05) is 11.4 Å². The number of anilines is 1. The molecule has 1 unspecified atom stereocenters. The van der Waals surface area contributed by atoms with E-state index in [1.807, 2.05) is 0 Å². The SMILES string of the molecule is O=C1C(Sc2nnc3c(Cl)cc(C(F)(F)F)cn23)CCN1c1ccccc1Cl. The molecule has 1 amide bonds. The summed E-state index contributed by atoms with van der Waals surface area (Å²) in [6.07, 6.45) is -3.18. The van der Waals surface area contributed by atoms with Gasteiger partial charge in [-0.05, 0) is 24.6 Å². The average molecular weight is 447 g/mol. The minimum Gasteiger partial charge on any atom is -0.310 e. The Morgan fingerprint density at radius 2 is 1.89 bits per heavy atom. The molecule has 146 valence electrons. The maximum absolute atomic E-state index is 13.1. The van der Waals surface area contributed by atoms with Crippen LogP contribution < -0.4 is 4.90 Å². The smallest absolute Gasteiger partial charge is 0.310 e. The standard InChI is InChI=1S/C17H11Cl2F3N4OS/c18-10-3-1-2-4-12(10)25-6-5-13(15(25)27)28-16-24-23-14-11(19)7-9(8-26(14)16)17(20,21)22/h1-4,7-8,13H,5-6H2. The summed E-state index contributed by atoms with van der Waals surface area (Å²) >= 11 is 13.1. The van der Waals surface area contributed by atoms with Crippen molar-refractivity contribution in [3.63, 3.8) is 0 Å². The number of fused-ring (bicyclic) bond motifs is 1. The van der Waals surface area contributed by atoms with Crippen LogP contribution in [0.3, 0.4) is 0 Å². The van der Waals surface area contributed by atoms with Crippen molar-refractivity contribution in [1.82, 2.24) is 14.6 Å². The van der Waals surface area contributed by atoms with Gasteiger partial charge in [0.2, 0.25) is 5.91 Å². The number of pyridine rings is 1. The number of hydrogen-bond donors (Lipinski definition) is 0. The minimum atomic E-state index is -4.56. The van der Waals surface area contributed by atoms with Crippen LogP contribution in [-0.4, -0.2) is 32.3 Å². The molecule has 0 aliphatic carbocycles. The number of amides is 1. The molecule has 28 heavy (non-hydrogen) atoms. The second-order valence-corrected chi connectivity index (χ2v) is 8.07. The number of nitrogens with zero attached hydrogens (tertiary/aromatic N) is 4. The zero-order valence-corrected chi connectivity index (χ0v) is 16.3. The summed E-state index contributed by atoms with van der Waals surface area (Å²) in [5, 5.41) is 7.71. The summed E-state index contributed by atoms with van der Waals surface area (Å²) in [4.78, 5) is 14.4. The lowest BCUT2D eigenvalue weighted by molar-refractivity contribution is -0.137. The van der Waals surface area contributed by atoms with E-state index in [0.29, 0.717) is 23.7 Å². The van der Waals surface area contributed by atoms with Crippen molar-refractivity contribution in [3.05, 3.63) is 52.1 Å². The molecule has 0 bridgehead atoms. The monoisotopic (exact) mass is 446 g/mol. The molecule has 4 rings (SSSR count). The summed E-state index contributed by atoms with van der Waals surface area (Å²) in [5.41, 5.74) is -0.210. The van der Waals surface area contributed by atoms with E-state index in [2.05, 4.69) is 10.2 Å². The van der Waals surface area contributed by atoms with Gasteiger partial charge in [0, 0.05) is 12.7 Å². The number of halogens is 5. The lowest BCUT2D eigenvalue weighted by Crippen LogP contribution is -2.28. The van der Waals surface area contributed by atoms with Crippen molar-refractivity contribution in [2.24, 2.45) is 0 Å². The van der Waals surface area contributed by atoms with Gasteiger partial charge in [0.15, 0.2) is 10.8 Å². The van der Waals surface area contributed by atoms with Crippen LogP contribution in [0, 0.1) is 0 Å². The Hall–Kier alpha value is -1.97. The van der Waals surface area contributed by atoms with Gasteiger partial charge in [0.25, 0.3) is 0 Å². The third kappa shape index (κ3) is 3.42. The van der Waals surface area contributed by atoms with E-state index < -0.39 is 17.0 Å². The normalized spacial score (nSPS) is 17.7. The van der Waals surface area contributed by atoms with Gasteiger partial charge >= 0.3 is 6.18 Å². The first-order chi connectivity index (χ1) is 13.3. The lowest BCUT2D eigenvalue weighted by atomic mass is 10.3. The predicted octanol–water partition coefficient (Wildman–Crippen LogP) is 4.95. The largest absolute Gasteiger partial charge is 0.417 e. The number of carbonyl (C=O) groups is 1. The van der Waals surface area contributed by atoms with Crippen LogP contribution in [0.1, 0.15) is 12.0 Å². The van der Waals surface area contributed by atoms with E-state index in [1.165, 1.54) is 4.40 Å². The number of hydrogen-bond acceptors (Lipinski definition) is 4. The van der Waals surface area contributed by atoms with E-state index >= 15 is 0 Å². The number of rotatable bonds is 3. The molecule has 1 aliphatic rings. The molecule has 2 aromatic heterocycles. The van der Waals surface area contributed by atoms with Gasteiger partial charge < -0.3 is 4.90 Å². The first-order valence-electron chi connectivity index (χ1n) is 8.10. The summed E-state index contributed by atoms with van der Waals surface area (Å²) < 4.78 is 40.4. The van der Waals surface area contributed by atoms with Crippen LogP contribution in [0.15, 0.2) is 41.7 Å². The van der Waals surface area contributed by atoms with Crippen LogP contribution in [0.2, 0.25) is 10.0 Å². The highest BCUT2D eigenvalue weighted by Gasteiger charge is 2.36. The Morgan fingerprint density at radius 1 is 1.14 bits per heavy atom. The van der Waals surface area contributed by atoms with Crippen molar-refractivity contribution in [2.45, 2.75) is 23.0 Å². The fourth-order valence-corrected chi connectivity index (χ4v) is 4.50. The maximum Gasteiger partial charge on any atom is 0.417 e. The highest BCUT2D eigenvalue weighted by atomic mass is 35.5. The Labute approximate surface area is 171 Å². The second-order valence-electron chi connectivity index (χ2n) is 6.09. The Bertz CT molecular complexity index is 1070. The summed E-state index contributed by atoms with van der Waals surface area (Å²) in [6.45, 7) is 0.450. The van der Waals surface area contributed by atoms with Crippen molar-refractivity contribution < 1.29 is 18.0 Å². The van der Waals surface area contributed by atoms with Crippen molar-refractivity contribution >= 4 is 52.2 Å². The van der Waals surface area contributed by atoms with Gasteiger partial charge in [-0.15, -0.1) is 10.2 Å². The third-order valence-electron chi connectivity index (χ3n) is 4.30. The minimum absolute atomic E-state index is 0.102. The maximum atomic E-state index is 13.1. The van der Waals surface area contributed by atoms with Crippen LogP contribution in [0.4, 0.5) is 18.9 Å². The number of carbonyl (C=O) groups excluding carboxylic acids is 1. The van der Waals surface area contributed by atoms with Crippen LogP contribution in [0.25, 0.3) is 5.65 Å². The zero-order valence-electron chi connectivity index (χ0n) is 14.0. The number of alkyl halides is 3. The van der Waals surface area contributed by atoms with Gasteiger partial charge in [-0.1, -0.05) is 47.1 Å². The highest BCUT2D eigenvalue weighted by molar-refractivity contribution is 8.00. The number of thioether (sulfide) groups is 1. The fraction of sp³-hybridized carbons (Fsp3) is 0.235. The quantitative estimate of drug-likeness (QED) is 0.570. The Morgan fingerprint density at radius 3 is 2.61 bits per heavy atom. The van der Waals surface area contributed by atoms with Crippen LogP contribution in [0.5, 0.6) is 0 Å². The van der Waals surface area contributed by atoms with E-state index in [9.17, 15) is 18.0 Å². The molecule has 5 nitrogen and oxygen atoms in total. The predicted molar refractivity (Wildman–Crippen MR) is 101 cm³/mol.